The number of hydrogen-bond donors (Lipinski definition) is 2. The van der Waals surface area contributed by atoms with Gasteiger partial charge >= 0.3 is 0 Å². The molecular formula is C22H30N4O4S. The SMILES string of the molecule is COCCCn1c(=S)[nH]c2cc(C(=O)NCCC(=O)N3CCCCCC3)ccc2c1=O. The number of aromatic nitrogens is 2. The van der Waals surface area contributed by atoms with E-state index in [9.17, 15) is 14.4 Å². The number of hydrogen-bond acceptors (Lipinski definition) is 5. The number of fused-ring (bicyclic) bond motifs is 1. The smallest absolute Gasteiger partial charge is 0.262 e. The van der Waals surface area contributed by atoms with Gasteiger partial charge < -0.3 is 19.9 Å². The third kappa shape index (κ3) is 6.01. The van der Waals surface area contributed by atoms with E-state index in [1.54, 1.807) is 25.3 Å². The van der Waals surface area contributed by atoms with Crippen molar-refractivity contribution in [2.24, 2.45) is 0 Å². The molecular weight excluding hydrogens is 416 g/mol. The molecule has 2 amide bonds. The molecule has 1 fully saturated rings. The van der Waals surface area contributed by atoms with E-state index in [2.05, 4.69) is 10.3 Å². The molecule has 3 rings (SSSR count). The predicted molar refractivity (Wildman–Crippen MR) is 122 cm³/mol. The van der Waals surface area contributed by atoms with Crippen LogP contribution >= 0.6 is 12.2 Å². The van der Waals surface area contributed by atoms with Crippen molar-refractivity contribution in [1.29, 1.82) is 0 Å². The van der Waals surface area contributed by atoms with Crippen LogP contribution in [-0.2, 0) is 16.1 Å². The maximum atomic E-state index is 12.7. The number of aromatic amines is 1. The van der Waals surface area contributed by atoms with E-state index in [1.807, 2.05) is 4.90 Å². The van der Waals surface area contributed by atoms with E-state index in [1.165, 1.54) is 17.4 Å². The minimum atomic E-state index is -0.283. The molecule has 0 atom stereocenters. The van der Waals surface area contributed by atoms with E-state index in [4.69, 9.17) is 17.0 Å². The van der Waals surface area contributed by atoms with Crippen LogP contribution in [0.1, 0.15) is 48.9 Å². The largest absolute Gasteiger partial charge is 0.385 e. The third-order valence-corrected chi connectivity index (χ3v) is 5.88. The number of ether oxygens (including phenoxy) is 1. The summed E-state index contributed by atoms with van der Waals surface area (Å²) < 4.78 is 6.85. The molecule has 2 N–H and O–H groups in total. The quantitative estimate of drug-likeness (QED) is 0.480. The van der Waals surface area contributed by atoms with Crippen LogP contribution < -0.4 is 10.9 Å². The second-order valence-corrected chi connectivity index (χ2v) is 8.18. The molecule has 1 aliphatic rings. The summed E-state index contributed by atoms with van der Waals surface area (Å²) in [5.74, 6) is -0.201. The van der Waals surface area contributed by atoms with Crippen LogP contribution in [0.5, 0.6) is 0 Å². The standard InChI is InChI=1S/C22H30N4O4S/c1-30-14-6-13-26-21(29)17-8-7-16(15-18(17)24-22(26)31)20(28)23-10-9-19(27)25-11-4-2-3-5-12-25/h7-8,15H,2-6,9-14H2,1H3,(H,23,28)(H,24,31). The number of carbonyl (C=O) groups excluding carboxylic acids is 2. The Morgan fingerprint density at radius 3 is 2.65 bits per heavy atom. The number of H-pyrrole nitrogens is 1. The molecule has 0 saturated carbocycles. The topological polar surface area (TPSA) is 96.4 Å². The Kier molecular flexibility index (Phi) is 8.36. The first kappa shape index (κ1) is 23.1. The minimum absolute atomic E-state index is 0.0822. The van der Waals surface area contributed by atoms with Gasteiger partial charge in [-0.15, -0.1) is 0 Å². The highest BCUT2D eigenvalue weighted by Gasteiger charge is 2.16. The summed E-state index contributed by atoms with van der Waals surface area (Å²) in [7, 11) is 1.61. The van der Waals surface area contributed by atoms with Crippen LogP contribution in [0.15, 0.2) is 23.0 Å². The summed E-state index contributed by atoms with van der Waals surface area (Å²) in [4.78, 5) is 42.6. The molecule has 0 unspecified atom stereocenters. The van der Waals surface area contributed by atoms with E-state index in [0.717, 1.165) is 25.9 Å². The molecule has 0 radical (unpaired) electrons. The number of rotatable bonds is 8. The predicted octanol–water partition coefficient (Wildman–Crippen LogP) is 2.62. The van der Waals surface area contributed by atoms with Gasteiger partial charge in [0, 0.05) is 51.9 Å². The second-order valence-electron chi connectivity index (χ2n) is 7.79. The molecule has 168 valence electrons. The molecule has 2 aromatic rings. The lowest BCUT2D eigenvalue weighted by molar-refractivity contribution is -0.131. The van der Waals surface area contributed by atoms with E-state index in [-0.39, 0.29) is 30.3 Å². The summed E-state index contributed by atoms with van der Waals surface area (Å²) in [6.45, 7) is 2.90. The van der Waals surface area contributed by atoms with Gasteiger partial charge in [0.1, 0.15) is 0 Å². The molecule has 2 heterocycles. The number of methoxy groups -OCH3 is 1. The molecule has 8 nitrogen and oxygen atoms in total. The van der Waals surface area contributed by atoms with Gasteiger partial charge in [0.15, 0.2) is 4.77 Å². The summed E-state index contributed by atoms with van der Waals surface area (Å²) in [5.41, 5.74) is 0.744. The average Bonchev–Trinajstić information content (AvgIpc) is 3.05. The number of likely N-dealkylation sites (tertiary alicyclic amines) is 1. The molecule has 1 aromatic heterocycles. The minimum Gasteiger partial charge on any atom is -0.385 e. The van der Waals surface area contributed by atoms with Gasteiger partial charge in [-0.05, 0) is 49.7 Å². The molecule has 31 heavy (non-hydrogen) atoms. The zero-order valence-electron chi connectivity index (χ0n) is 17.9. The number of benzene rings is 1. The lowest BCUT2D eigenvalue weighted by Gasteiger charge is -2.20. The Morgan fingerprint density at radius 2 is 1.94 bits per heavy atom. The number of carbonyl (C=O) groups is 2. The maximum absolute atomic E-state index is 12.7. The first-order chi connectivity index (χ1) is 15.0. The Hall–Kier alpha value is -2.52. The molecule has 1 aliphatic heterocycles. The fraction of sp³-hybridized carbons (Fsp3) is 0.545. The number of nitrogens with one attached hydrogen (secondary N) is 2. The zero-order valence-corrected chi connectivity index (χ0v) is 18.8. The fourth-order valence-corrected chi connectivity index (χ4v) is 4.11. The Morgan fingerprint density at radius 1 is 1.19 bits per heavy atom. The van der Waals surface area contributed by atoms with Gasteiger partial charge in [0.05, 0.1) is 10.9 Å². The molecule has 0 spiro atoms. The van der Waals surface area contributed by atoms with Gasteiger partial charge in [0.2, 0.25) is 5.91 Å². The monoisotopic (exact) mass is 446 g/mol. The van der Waals surface area contributed by atoms with Crippen molar-refractivity contribution in [3.63, 3.8) is 0 Å². The van der Waals surface area contributed by atoms with Crippen molar-refractivity contribution < 1.29 is 14.3 Å². The van der Waals surface area contributed by atoms with Crippen molar-refractivity contribution in [2.45, 2.75) is 45.1 Å². The van der Waals surface area contributed by atoms with Crippen molar-refractivity contribution in [1.82, 2.24) is 19.8 Å². The van der Waals surface area contributed by atoms with Crippen LogP contribution in [-0.4, -0.2) is 59.6 Å². The lowest BCUT2D eigenvalue weighted by atomic mass is 10.1. The molecule has 1 saturated heterocycles. The highest BCUT2D eigenvalue weighted by molar-refractivity contribution is 7.71. The van der Waals surface area contributed by atoms with Crippen LogP contribution in [0.25, 0.3) is 10.9 Å². The summed E-state index contributed by atoms with van der Waals surface area (Å²) in [6.07, 6.45) is 5.40. The zero-order chi connectivity index (χ0) is 22.2. The van der Waals surface area contributed by atoms with Gasteiger partial charge in [-0.2, -0.15) is 0 Å². The fourth-order valence-electron chi connectivity index (χ4n) is 3.83. The Labute approximate surface area is 186 Å². The van der Waals surface area contributed by atoms with Crippen LogP contribution in [0.4, 0.5) is 0 Å². The molecule has 1 aromatic carbocycles. The van der Waals surface area contributed by atoms with Crippen LogP contribution in [0.2, 0.25) is 0 Å². The normalized spacial score (nSPS) is 14.4. The number of amides is 2. The molecule has 0 aliphatic carbocycles. The van der Waals surface area contributed by atoms with Gasteiger partial charge in [-0.25, -0.2) is 0 Å². The third-order valence-electron chi connectivity index (χ3n) is 5.56. The molecule has 9 heteroatoms. The van der Waals surface area contributed by atoms with Gasteiger partial charge in [0.25, 0.3) is 11.5 Å². The van der Waals surface area contributed by atoms with E-state index >= 15 is 0 Å². The summed E-state index contributed by atoms with van der Waals surface area (Å²) in [6, 6.07) is 4.87. The van der Waals surface area contributed by atoms with E-state index in [0.29, 0.717) is 40.8 Å². The highest BCUT2D eigenvalue weighted by Crippen LogP contribution is 2.12. The van der Waals surface area contributed by atoms with Crippen molar-refractivity contribution in [2.75, 3.05) is 33.4 Å². The maximum Gasteiger partial charge on any atom is 0.262 e. The van der Waals surface area contributed by atoms with Gasteiger partial charge in [-0.3, -0.25) is 19.0 Å². The average molecular weight is 447 g/mol. The lowest BCUT2D eigenvalue weighted by Crippen LogP contribution is -2.35. The summed E-state index contributed by atoms with van der Waals surface area (Å²) in [5, 5.41) is 3.27. The Bertz CT molecular complexity index is 1040. The second kappa shape index (κ2) is 11.2. The number of nitrogens with zero attached hydrogens (tertiary/aromatic N) is 2. The van der Waals surface area contributed by atoms with Crippen LogP contribution in [0, 0.1) is 4.77 Å². The Balaban J connectivity index is 1.63. The van der Waals surface area contributed by atoms with E-state index < -0.39 is 0 Å². The molecule has 0 bridgehead atoms. The highest BCUT2D eigenvalue weighted by atomic mass is 32.1. The van der Waals surface area contributed by atoms with Crippen molar-refractivity contribution in [3.05, 3.63) is 38.9 Å². The first-order valence-electron chi connectivity index (χ1n) is 10.8. The van der Waals surface area contributed by atoms with Gasteiger partial charge in [-0.1, -0.05) is 12.8 Å². The van der Waals surface area contributed by atoms with Crippen LogP contribution in [0.3, 0.4) is 0 Å². The summed E-state index contributed by atoms with van der Waals surface area (Å²) >= 11 is 5.32. The first-order valence-corrected chi connectivity index (χ1v) is 11.2. The van der Waals surface area contributed by atoms with Crippen molar-refractivity contribution >= 4 is 34.9 Å². The van der Waals surface area contributed by atoms with Crippen molar-refractivity contribution in [3.8, 4) is 0 Å².